The Kier molecular flexibility index (Phi) is 4.51. The van der Waals surface area contributed by atoms with Gasteiger partial charge in [0.1, 0.15) is 6.04 Å². The third-order valence-corrected chi connectivity index (χ3v) is 7.02. The molecule has 2 aromatic carbocycles. The number of aromatic nitrogens is 1. The molecule has 174 valence electrons. The van der Waals surface area contributed by atoms with E-state index in [4.69, 9.17) is 0 Å². The van der Waals surface area contributed by atoms with Gasteiger partial charge in [-0.05, 0) is 36.4 Å². The SMILES string of the molecule is [2H][C@]1(C2CC(=O)N(c3ccccc3)C2=O)c2ncccc2N(C)[C@H]2C(=O)N(c3ccccc3)C(=O)[C@H]21. The van der Waals surface area contributed by atoms with E-state index in [1.165, 1.54) is 6.20 Å². The minimum atomic E-state index is -1.93. The molecule has 35 heavy (non-hydrogen) atoms. The average Bonchev–Trinajstić information content (AvgIpc) is 3.35. The van der Waals surface area contributed by atoms with E-state index in [9.17, 15) is 20.5 Å². The van der Waals surface area contributed by atoms with Crippen molar-refractivity contribution < 1.29 is 20.5 Å². The Balaban J connectivity index is 1.52. The lowest BCUT2D eigenvalue weighted by molar-refractivity contribution is -0.124. The van der Waals surface area contributed by atoms with Gasteiger partial charge in [0.15, 0.2) is 0 Å². The van der Waals surface area contributed by atoms with Crippen molar-refractivity contribution in [3.63, 3.8) is 0 Å². The van der Waals surface area contributed by atoms with E-state index in [1.807, 2.05) is 0 Å². The highest BCUT2D eigenvalue weighted by Gasteiger charge is 2.61. The fraction of sp³-hybridized carbons (Fsp3) is 0.222. The molecular formula is C27H22N4O4. The van der Waals surface area contributed by atoms with Crippen LogP contribution in [-0.4, -0.2) is 41.7 Å². The number of anilines is 3. The number of benzene rings is 2. The molecule has 4 amide bonds. The van der Waals surface area contributed by atoms with E-state index in [0.29, 0.717) is 17.1 Å². The fourth-order valence-corrected chi connectivity index (χ4v) is 5.49. The number of pyridine rings is 1. The van der Waals surface area contributed by atoms with Crippen LogP contribution in [0.1, 0.15) is 19.4 Å². The van der Waals surface area contributed by atoms with Crippen molar-refractivity contribution in [1.82, 2.24) is 4.98 Å². The standard InChI is InChI=1S/C27H22N4O4/c1-29-19-13-8-14-28-23(19)21(18-15-20(32)30(25(18)33)16-9-4-2-5-10-16)22-24(29)27(35)31(26(22)34)17-11-6-3-7-12-17/h2-14,18,21-22,24H,15H2,1H3/t18?,21-,22+,24-/m1/s1/i21D. The maximum Gasteiger partial charge on any atom is 0.257 e. The smallest absolute Gasteiger partial charge is 0.257 e. The van der Waals surface area contributed by atoms with Gasteiger partial charge in [-0.3, -0.25) is 29.1 Å². The van der Waals surface area contributed by atoms with Crippen LogP contribution in [0, 0.1) is 11.8 Å². The molecule has 1 aromatic heterocycles. The number of nitrogens with zero attached hydrogens (tertiary/aromatic N) is 4. The first kappa shape index (κ1) is 20.1. The van der Waals surface area contributed by atoms with Gasteiger partial charge in [-0.15, -0.1) is 0 Å². The van der Waals surface area contributed by atoms with Crippen LogP contribution in [-0.2, 0) is 19.2 Å². The molecule has 2 saturated heterocycles. The summed E-state index contributed by atoms with van der Waals surface area (Å²) in [6, 6.07) is 19.5. The molecule has 3 aromatic rings. The number of likely N-dealkylation sites (N-methyl/N-ethyl adjacent to an activating group) is 1. The van der Waals surface area contributed by atoms with E-state index in [1.54, 1.807) is 84.7 Å². The average molecular weight is 468 g/mol. The summed E-state index contributed by atoms with van der Waals surface area (Å²) in [5.41, 5.74) is 1.51. The molecule has 0 N–H and O–H groups in total. The number of hydrogen-bond donors (Lipinski definition) is 0. The molecule has 0 aliphatic carbocycles. The second-order valence-corrected chi connectivity index (χ2v) is 8.87. The zero-order valence-corrected chi connectivity index (χ0v) is 18.9. The maximum atomic E-state index is 13.9. The van der Waals surface area contributed by atoms with E-state index in [-0.39, 0.29) is 12.1 Å². The van der Waals surface area contributed by atoms with Crippen LogP contribution in [0.4, 0.5) is 17.1 Å². The van der Waals surface area contributed by atoms with Gasteiger partial charge in [-0.2, -0.15) is 0 Å². The molecule has 0 radical (unpaired) electrons. The molecule has 4 heterocycles. The quantitative estimate of drug-likeness (QED) is 0.550. The Labute approximate surface area is 203 Å². The van der Waals surface area contributed by atoms with Crippen molar-refractivity contribution in [3.8, 4) is 0 Å². The van der Waals surface area contributed by atoms with E-state index in [0.717, 1.165) is 9.80 Å². The molecule has 1 unspecified atom stereocenters. The lowest BCUT2D eigenvalue weighted by Crippen LogP contribution is -2.50. The molecular weight excluding hydrogens is 444 g/mol. The van der Waals surface area contributed by atoms with E-state index < -0.39 is 47.4 Å². The number of carbonyl (C=O) groups is 4. The normalized spacial score (nSPS) is 28.3. The first-order valence-corrected chi connectivity index (χ1v) is 11.4. The highest BCUT2D eigenvalue weighted by Crippen LogP contribution is 2.51. The first-order valence-electron chi connectivity index (χ1n) is 11.9. The predicted molar refractivity (Wildman–Crippen MR) is 129 cm³/mol. The summed E-state index contributed by atoms with van der Waals surface area (Å²) in [4.78, 5) is 62.8. The molecule has 0 bridgehead atoms. The predicted octanol–water partition coefficient (Wildman–Crippen LogP) is 2.75. The van der Waals surface area contributed by atoms with Gasteiger partial charge >= 0.3 is 0 Å². The monoisotopic (exact) mass is 467 g/mol. The molecule has 6 rings (SSSR count). The third kappa shape index (κ3) is 3.02. The number of rotatable bonds is 3. The largest absolute Gasteiger partial charge is 0.360 e. The Morgan fingerprint density at radius 1 is 0.800 bits per heavy atom. The summed E-state index contributed by atoms with van der Waals surface area (Å²) in [5.74, 6) is -6.41. The highest BCUT2D eigenvalue weighted by molar-refractivity contribution is 6.26. The molecule has 8 nitrogen and oxygen atoms in total. The Morgan fingerprint density at radius 3 is 2.09 bits per heavy atom. The summed E-state index contributed by atoms with van der Waals surface area (Å²) in [6.07, 6.45) is 1.25. The van der Waals surface area contributed by atoms with Crippen molar-refractivity contribution in [2.24, 2.45) is 11.8 Å². The lowest BCUT2D eigenvalue weighted by atomic mass is 9.72. The van der Waals surface area contributed by atoms with Crippen molar-refractivity contribution in [2.75, 3.05) is 21.7 Å². The summed E-state index contributed by atoms with van der Waals surface area (Å²) in [6.45, 7) is 0. The second-order valence-electron chi connectivity index (χ2n) is 8.87. The number of para-hydroxylation sites is 2. The molecule has 3 aliphatic rings. The topological polar surface area (TPSA) is 90.9 Å². The minimum Gasteiger partial charge on any atom is -0.360 e. The van der Waals surface area contributed by atoms with Crippen molar-refractivity contribution in [1.29, 1.82) is 0 Å². The van der Waals surface area contributed by atoms with Gasteiger partial charge in [-0.25, -0.2) is 4.90 Å². The van der Waals surface area contributed by atoms with Crippen LogP contribution < -0.4 is 14.7 Å². The number of amides is 4. The zero-order chi connectivity index (χ0) is 25.2. The number of carbonyl (C=O) groups excluding carboxylic acids is 4. The lowest BCUT2D eigenvalue weighted by Gasteiger charge is -2.40. The summed E-state index contributed by atoms with van der Waals surface area (Å²) >= 11 is 0. The van der Waals surface area contributed by atoms with Crippen molar-refractivity contribution in [2.45, 2.75) is 18.4 Å². The Hall–Kier alpha value is -4.33. The number of imide groups is 2. The Bertz CT molecular complexity index is 1420. The van der Waals surface area contributed by atoms with Crippen molar-refractivity contribution in [3.05, 3.63) is 84.7 Å². The van der Waals surface area contributed by atoms with Crippen LogP contribution >= 0.6 is 0 Å². The number of fused-ring (bicyclic) bond motifs is 2. The van der Waals surface area contributed by atoms with Crippen LogP contribution in [0.2, 0.25) is 0 Å². The van der Waals surface area contributed by atoms with Gasteiger partial charge < -0.3 is 4.90 Å². The summed E-state index contributed by atoms with van der Waals surface area (Å²) in [5, 5.41) is 0. The highest BCUT2D eigenvalue weighted by atomic mass is 16.2. The van der Waals surface area contributed by atoms with Gasteiger partial charge in [0.05, 0.1) is 34.6 Å². The molecule has 3 aliphatic heterocycles. The maximum absolute atomic E-state index is 13.9. The van der Waals surface area contributed by atoms with Crippen LogP contribution in [0.3, 0.4) is 0 Å². The molecule has 4 atom stereocenters. The molecule has 8 heteroatoms. The summed E-state index contributed by atoms with van der Waals surface area (Å²) in [7, 11) is 1.69. The van der Waals surface area contributed by atoms with Crippen LogP contribution in [0.5, 0.6) is 0 Å². The Morgan fingerprint density at radius 2 is 1.43 bits per heavy atom. The van der Waals surface area contributed by atoms with Crippen LogP contribution in [0.15, 0.2) is 79.0 Å². The number of hydrogen-bond acceptors (Lipinski definition) is 6. The zero-order valence-electron chi connectivity index (χ0n) is 19.9. The molecule has 0 spiro atoms. The van der Waals surface area contributed by atoms with Gasteiger partial charge in [0.2, 0.25) is 17.7 Å². The fourth-order valence-electron chi connectivity index (χ4n) is 5.49. The summed E-state index contributed by atoms with van der Waals surface area (Å²) < 4.78 is 9.77. The van der Waals surface area contributed by atoms with Gasteiger partial charge in [-0.1, -0.05) is 36.4 Å². The van der Waals surface area contributed by atoms with E-state index >= 15 is 0 Å². The van der Waals surface area contributed by atoms with E-state index in [2.05, 4.69) is 4.98 Å². The molecule has 0 saturated carbocycles. The first-order chi connectivity index (χ1) is 17.4. The van der Waals surface area contributed by atoms with Crippen LogP contribution in [0.25, 0.3) is 0 Å². The second kappa shape index (κ2) is 7.87. The van der Waals surface area contributed by atoms with Crippen molar-refractivity contribution >= 4 is 40.7 Å². The third-order valence-electron chi connectivity index (χ3n) is 7.02. The minimum absolute atomic E-state index is 0.214. The van der Waals surface area contributed by atoms with Gasteiger partial charge in [0, 0.05) is 26.9 Å². The van der Waals surface area contributed by atoms with Gasteiger partial charge in [0.25, 0.3) is 5.91 Å². The molecule has 2 fully saturated rings.